The van der Waals surface area contributed by atoms with Crippen molar-refractivity contribution in [2.75, 3.05) is 11.5 Å². The summed E-state index contributed by atoms with van der Waals surface area (Å²) in [5.74, 6) is 1.00. The summed E-state index contributed by atoms with van der Waals surface area (Å²) in [5.41, 5.74) is 0. The first kappa shape index (κ1) is 13.4. The predicted molar refractivity (Wildman–Crippen MR) is 67.9 cm³/mol. The van der Waals surface area contributed by atoms with Gasteiger partial charge in [0.25, 0.3) is 0 Å². The fraction of sp³-hybridized carbons (Fsp3) is 0.700. The molecule has 2 atom stereocenters. The fourth-order valence-corrected chi connectivity index (χ4v) is 4.42. The molecule has 98 valence electrons. The molecule has 1 aromatic heterocycles. The van der Waals surface area contributed by atoms with E-state index in [1.54, 1.807) is 11.5 Å². The number of rotatable bonds is 3. The lowest BCUT2D eigenvalue weighted by molar-refractivity contribution is 0.599. The second-order valence-corrected chi connectivity index (χ2v) is 7.93. The first-order valence-corrected chi connectivity index (χ1v) is 8.29. The van der Waals surface area contributed by atoms with Crippen LogP contribution >= 0.6 is 11.8 Å². The van der Waals surface area contributed by atoms with Crippen LogP contribution in [0.3, 0.4) is 0 Å². The van der Waals surface area contributed by atoms with Crippen LogP contribution in [0.1, 0.15) is 25.1 Å². The second kappa shape index (κ2) is 4.90. The molecule has 2 unspecified atom stereocenters. The van der Waals surface area contributed by atoms with E-state index in [2.05, 4.69) is 16.3 Å². The van der Waals surface area contributed by atoms with Crippen LogP contribution in [0.2, 0.25) is 0 Å². The Morgan fingerprint density at radius 3 is 2.83 bits per heavy atom. The zero-order chi connectivity index (χ0) is 13.3. The fourth-order valence-electron chi connectivity index (χ4n) is 1.97. The van der Waals surface area contributed by atoms with Gasteiger partial charge in [0.1, 0.15) is 5.82 Å². The summed E-state index contributed by atoms with van der Waals surface area (Å²) in [6.45, 7) is 1.79. The van der Waals surface area contributed by atoms with Gasteiger partial charge in [-0.3, -0.25) is 0 Å². The smallest absolute Gasteiger partial charge is 0.192 e. The molecule has 6 nitrogen and oxygen atoms in total. The zero-order valence-corrected chi connectivity index (χ0v) is 11.8. The molecule has 2 heterocycles. The highest BCUT2D eigenvalue weighted by Crippen LogP contribution is 2.30. The van der Waals surface area contributed by atoms with Gasteiger partial charge in [0.05, 0.1) is 22.8 Å². The minimum atomic E-state index is -2.92. The molecule has 18 heavy (non-hydrogen) atoms. The average molecular weight is 286 g/mol. The van der Waals surface area contributed by atoms with E-state index in [1.807, 2.05) is 7.05 Å². The molecule has 1 saturated heterocycles. The van der Waals surface area contributed by atoms with Crippen LogP contribution in [-0.4, -0.2) is 39.9 Å². The first-order valence-electron chi connectivity index (χ1n) is 5.59. The Hall–Kier alpha value is -1.07. The molecule has 2 rings (SSSR count). The topological polar surface area (TPSA) is 88.6 Å². The van der Waals surface area contributed by atoms with Gasteiger partial charge < -0.3 is 4.57 Å². The lowest BCUT2D eigenvalue weighted by Crippen LogP contribution is -2.09. The highest BCUT2D eigenvalue weighted by Gasteiger charge is 2.32. The van der Waals surface area contributed by atoms with E-state index in [-0.39, 0.29) is 22.7 Å². The molecule has 0 spiro atoms. The van der Waals surface area contributed by atoms with Crippen LogP contribution in [0.4, 0.5) is 0 Å². The van der Waals surface area contributed by atoms with Gasteiger partial charge in [-0.15, -0.1) is 10.2 Å². The Kier molecular flexibility index (Phi) is 3.64. The van der Waals surface area contributed by atoms with Gasteiger partial charge in [-0.05, 0) is 13.3 Å². The molecule has 0 amide bonds. The summed E-state index contributed by atoms with van der Waals surface area (Å²) in [6.07, 6.45) is 0.604. The van der Waals surface area contributed by atoms with E-state index < -0.39 is 9.84 Å². The van der Waals surface area contributed by atoms with Gasteiger partial charge in [0.2, 0.25) is 0 Å². The lowest BCUT2D eigenvalue weighted by Gasteiger charge is -2.08. The Bertz CT molecular complexity index is 588. The summed E-state index contributed by atoms with van der Waals surface area (Å²) in [6, 6.07) is 2.12. The van der Waals surface area contributed by atoms with Crippen molar-refractivity contribution in [2.24, 2.45) is 7.05 Å². The zero-order valence-electron chi connectivity index (χ0n) is 10.2. The largest absolute Gasteiger partial charge is 0.309 e. The van der Waals surface area contributed by atoms with E-state index in [0.717, 1.165) is 0 Å². The van der Waals surface area contributed by atoms with Gasteiger partial charge in [0.15, 0.2) is 15.0 Å². The summed E-state index contributed by atoms with van der Waals surface area (Å²) in [4.78, 5) is 0. The molecule has 0 aromatic carbocycles. The number of thioether (sulfide) groups is 1. The number of hydrogen-bond acceptors (Lipinski definition) is 6. The van der Waals surface area contributed by atoms with Crippen LogP contribution in [0, 0.1) is 11.3 Å². The Morgan fingerprint density at radius 2 is 2.28 bits per heavy atom. The third kappa shape index (κ3) is 2.67. The molecule has 0 aliphatic carbocycles. The lowest BCUT2D eigenvalue weighted by atomic mass is 10.1. The maximum Gasteiger partial charge on any atom is 0.192 e. The number of hydrogen-bond donors (Lipinski definition) is 0. The van der Waals surface area contributed by atoms with Crippen LogP contribution in [0.25, 0.3) is 0 Å². The van der Waals surface area contributed by atoms with Crippen molar-refractivity contribution in [3.8, 4) is 6.07 Å². The van der Waals surface area contributed by atoms with Crippen molar-refractivity contribution in [1.29, 1.82) is 5.26 Å². The van der Waals surface area contributed by atoms with Crippen LogP contribution in [0.15, 0.2) is 5.16 Å². The molecular formula is C10H14N4O2S2. The van der Waals surface area contributed by atoms with Crippen LogP contribution < -0.4 is 0 Å². The Labute approximate surface area is 110 Å². The summed E-state index contributed by atoms with van der Waals surface area (Å²) in [7, 11) is -1.11. The second-order valence-electron chi connectivity index (χ2n) is 4.39. The Morgan fingerprint density at radius 1 is 1.56 bits per heavy atom. The molecular weight excluding hydrogens is 272 g/mol. The average Bonchev–Trinajstić information content (AvgIpc) is 2.83. The standard InChI is InChI=1S/C10H14N4O2S2/c1-7(5-11)17-10-13-12-9(14(10)2)8-3-4-18(15,16)6-8/h7-8H,3-4,6H2,1-2H3. The maximum atomic E-state index is 11.5. The SMILES string of the molecule is CC(C#N)Sc1nnc(C2CCS(=O)(=O)C2)n1C. The van der Waals surface area contributed by atoms with Crippen molar-refractivity contribution >= 4 is 21.6 Å². The molecule has 0 bridgehead atoms. The molecule has 1 fully saturated rings. The van der Waals surface area contributed by atoms with Gasteiger partial charge >= 0.3 is 0 Å². The van der Waals surface area contributed by atoms with Gasteiger partial charge in [0, 0.05) is 13.0 Å². The quantitative estimate of drug-likeness (QED) is 0.761. The minimum Gasteiger partial charge on any atom is -0.309 e. The maximum absolute atomic E-state index is 11.5. The number of sulfone groups is 1. The molecule has 1 aromatic rings. The van der Waals surface area contributed by atoms with Crippen molar-refractivity contribution in [1.82, 2.24) is 14.8 Å². The molecule has 0 saturated carbocycles. The normalized spacial score (nSPS) is 23.7. The van der Waals surface area contributed by atoms with E-state index in [9.17, 15) is 8.42 Å². The van der Waals surface area contributed by atoms with Gasteiger partial charge in [-0.2, -0.15) is 5.26 Å². The van der Waals surface area contributed by atoms with Crippen molar-refractivity contribution in [3.63, 3.8) is 0 Å². The number of aromatic nitrogens is 3. The van der Waals surface area contributed by atoms with Crippen molar-refractivity contribution < 1.29 is 8.42 Å². The summed E-state index contributed by atoms with van der Waals surface area (Å²) < 4.78 is 24.7. The molecule has 0 radical (unpaired) electrons. The monoisotopic (exact) mass is 286 g/mol. The van der Waals surface area contributed by atoms with Gasteiger partial charge in [-0.25, -0.2) is 8.42 Å². The summed E-state index contributed by atoms with van der Waals surface area (Å²) in [5, 5.41) is 17.3. The highest BCUT2D eigenvalue weighted by molar-refractivity contribution is 8.00. The minimum absolute atomic E-state index is 0.0701. The Balaban J connectivity index is 2.19. The number of nitrogens with zero attached hydrogens (tertiary/aromatic N) is 4. The van der Waals surface area contributed by atoms with E-state index in [0.29, 0.717) is 17.4 Å². The van der Waals surface area contributed by atoms with E-state index in [4.69, 9.17) is 5.26 Å². The van der Waals surface area contributed by atoms with Crippen molar-refractivity contribution in [2.45, 2.75) is 29.7 Å². The molecule has 1 aliphatic heterocycles. The molecule has 1 aliphatic rings. The molecule has 8 heteroatoms. The first-order chi connectivity index (χ1) is 8.43. The van der Waals surface area contributed by atoms with Crippen molar-refractivity contribution in [3.05, 3.63) is 5.82 Å². The van der Waals surface area contributed by atoms with Crippen LogP contribution in [-0.2, 0) is 16.9 Å². The highest BCUT2D eigenvalue weighted by atomic mass is 32.2. The number of nitriles is 1. The third-order valence-electron chi connectivity index (χ3n) is 2.93. The predicted octanol–water partition coefficient (Wildman–Crippen LogP) is 0.721. The third-order valence-corrected chi connectivity index (χ3v) is 5.72. The van der Waals surface area contributed by atoms with E-state index >= 15 is 0 Å². The van der Waals surface area contributed by atoms with Gasteiger partial charge in [-0.1, -0.05) is 11.8 Å². The summed E-state index contributed by atoms with van der Waals surface area (Å²) >= 11 is 1.33. The van der Waals surface area contributed by atoms with Crippen LogP contribution in [0.5, 0.6) is 0 Å². The van der Waals surface area contributed by atoms with E-state index in [1.165, 1.54) is 11.8 Å². The molecule has 0 N–H and O–H groups in total.